The number of carbonyl (C=O) groups is 1. The second-order valence-corrected chi connectivity index (χ2v) is 0.492. The number of aliphatic carboxylic acids is 1. The van der Waals surface area contributed by atoms with Gasteiger partial charge < -0.3 is 31.8 Å². The molecule has 0 unspecified atom stereocenters. The van der Waals surface area contributed by atoms with Crippen LogP contribution in [0.2, 0.25) is 0 Å². The van der Waals surface area contributed by atoms with Gasteiger partial charge in [-0.05, 0) is 6.92 Å². The van der Waals surface area contributed by atoms with Gasteiger partial charge in [-0.15, -0.1) is 0 Å². The molecule has 0 saturated heterocycles. The largest absolute Gasteiger partial charge is 1.00 e. The van der Waals surface area contributed by atoms with Crippen LogP contribution in [0.25, 0.3) is 0 Å². The van der Waals surface area contributed by atoms with Crippen LogP contribution in [0, 0.1) is 0 Å². The molecular formula is C2H11CuO6. The van der Waals surface area contributed by atoms with Gasteiger partial charge in [-0.3, -0.25) is 0 Å². The molecule has 0 radical (unpaired) electrons. The smallest absolute Gasteiger partial charge is 0.550 e. The van der Waals surface area contributed by atoms with Crippen molar-refractivity contribution in [3.05, 3.63) is 0 Å². The summed E-state index contributed by atoms with van der Waals surface area (Å²) in [6.45, 7) is 0.972. The molecule has 0 bridgehead atoms. The van der Waals surface area contributed by atoms with Crippen molar-refractivity contribution in [2.45, 2.75) is 6.92 Å². The molecule has 66 valence electrons. The van der Waals surface area contributed by atoms with E-state index < -0.39 is 5.97 Å². The number of hydrogen-bond donors (Lipinski definition) is 0. The first-order chi connectivity index (χ1) is 1.73. The molecule has 0 spiro atoms. The molecule has 0 amide bonds. The van der Waals surface area contributed by atoms with Crippen LogP contribution in [0.1, 0.15) is 6.92 Å². The van der Waals surface area contributed by atoms with Gasteiger partial charge in [0.1, 0.15) is 0 Å². The molecule has 9 heavy (non-hydrogen) atoms. The number of hydrogen-bond acceptors (Lipinski definition) is 2. The summed E-state index contributed by atoms with van der Waals surface area (Å²) in [5.74, 6) is -1.08. The SMILES string of the molecule is CC(=O)[O-].O.O.O.O.[Cu+]. The third-order valence-corrected chi connectivity index (χ3v) is 0. The predicted octanol–water partition coefficient (Wildman–Crippen LogP) is -4.55. The summed E-state index contributed by atoms with van der Waals surface area (Å²) in [6.07, 6.45) is 0. The van der Waals surface area contributed by atoms with E-state index in [1.165, 1.54) is 0 Å². The van der Waals surface area contributed by atoms with Gasteiger partial charge >= 0.3 is 17.1 Å². The van der Waals surface area contributed by atoms with Crippen molar-refractivity contribution < 1.29 is 48.9 Å². The Balaban J connectivity index is -0.00000000450. The Bertz CT molecular complexity index is 34.0. The molecule has 7 heteroatoms. The number of rotatable bonds is 0. The first kappa shape index (κ1) is 67.6. The van der Waals surface area contributed by atoms with Crippen LogP contribution in [-0.2, 0) is 21.9 Å². The van der Waals surface area contributed by atoms with E-state index in [2.05, 4.69) is 0 Å². The van der Waals surface area contributed by atoms with E-state index in [1.807, 2.05) is 0 Å². The molecule has 6 nitrogen and oxygen atoms in total. The zero-order valence-corrected chi connectivity index (χ0v) is 5.56. The van der Waals surface area contributed by atoms with Crippen LogP contribution in [0.15, 0.2) is 0 Å². The monoisotopic (exact) mass is 194 g/mol. The molecule has 0 aliphatic rings. The molecule has 0 aliphatic carbocycles. The Morgan fingerprint density at radius 1 is 1.11 bits per heavy atom. The molecule has 0 fully saturated rings. The fourth-order valence-corrected chi connectivity index (χ4v) is 0. The van der Waals surface area contributed by atoms with Gasteiger partial charge in [-0.25, -0.2) is 0 Å². The standard InChI is InChI=1S/C2H4O2.Cu.4H2O/c1-2(3)4;;;;;/h1H3,(H,3,4);;4*1H2/q;+1;;;;/p-1. The van der Waals surface area contributed by atoms with Crippen LogP contribution < -0.4 is 5.11 Å². The summed E-state index contributed by atoms with van der Waals surface area (Å²) < 4.78 is 0. The average molecular weight is 195 g/mol. The minimum Gasteiger partial charge on any atom is -0.550 e. The Kier molecular flexibility index (Phi) is 343. The molecule has 0 rings (SSSR count). The summed E-state index contributed by atoms with van der Waals surface area (Å²) >= 11 is 0. The van der Waals surface area contributed by atoms with Gasteiger partial charge in [-0.1, -0.05) is 0 Å². The molecule has 0 aromatic rings. The van der Waals surface area contributed by atoms with Crippen LogP contribution in [0.3, 0.4) is 0 Å². The van der Waals surface area contributed by atoms with Crippen LogP contribution in [-0.4, -0.2) is 27.9 Å². The van der Waals surface area contributed by atoms with E-state index in [-0.39, 0.29) is 39.0 Å². The normalized spacial score (nSPS) is 2.78. The average Bonchev–Trinajstić information content (AvgIpc) is 0.811. The number of carbonyl (C=O) groups excluding carboxylic acids is 1. The van der Waals surface area contributed by atoms with E-state index >= 15 is 0 Å². The summed E-state index contributed by atoms with van der Waals surface area (Å²) in [5, 5.41) is 8.89. The maximum absolute atomic E-state index is 8.89. The first-order valence-corrected chi connectivity index (χ1v) is 0.908. The van der Waals surface area contributed by atoms with Crippen LogP contribution in [0.5, 0.6) is 0 Å². The zero-order valence-electron chi connectivity index (χ0n) is 4.62. The zero-order chi connectivity index (χ0) is 3.58. The van der Waals surface area contributed by atoms with Crippen molar-refractivity contribution in [2.24, 2.45) is 0 Å². The summed E-state index contributed by atoms with van der Waals surface area (Å²) in [6, 6.07) is 0. The molecule has 0 aromatic heterocycles. The van der Waals surface area contributed by atoms with E-state index in [0.29, 0.717) is 0 Å². The van der Waals surface area contributed by atoms with Crippen molar-refractivity contribution in [2.75, 3.05) is 0 Å². The third kappa shape index (κ3) is 9150. The van der Waals surface area contributed by atoms with E-state index in [0.717, 1.165) is 6.92 Å². The Labute approximate surface area is 62.6 Å². The number of carboxylic acids is 1. The van der Waals surface area contributed by atoms with E-state index in [1.54, 1.807) is 0 Å². The summed E-state index contributed by atoms with van der Waals surface area (Å²) in [5.41, 5.74) is 0. The van der Waals surface area contributed by atoms with Gasteiger partial charge in [0.15, 0.2) is 0 Å². The molecule has 0 saturated carbocycles. The molecule has 0 aromatic carbocycles. The van der Waals surface area contributed by atoms with Crippen molar-refractivity contribution in [1.82, 2.24) is 0 Å². The Hall–Kier alpha value is -0.171. The molecule has 8 N–H and O–H groups in total. The first-order valence-electron chi connectivity index (χ1n) is 0.908. The topological polar surface area (TPSA) is 166 Å². The fourth-order valence-electron chi connectivity index (χ4n) is 0. The molecular weight excluding hydrogens is 184 g/mol. The van der Waals surface area contributed by atoms with Gasteiger partial charge in [0, 0.05) is 5.97 Å². The van der Waals surface area contributed by atoms with Gasteiger partial charge in [0.25, 0.3) is 0 Å². The van der Waals surface area contributed by atoms with Gasteiger partial charge in [0.2, 0.25) is 0 Å². The number of carboxylic acid groups (broad SMARTS) is 1. The van der Waals surface area contributed by atoms with Crippen molar-refractivity contribution in [1.29, 1.82) is 0 Å². The van der Waals surface area contributed by atoms with Crippen LogP contribution in [0.4, 0.5) is 0 Å². The van der Waals surface area contributed by atoms with Crippen LogP contribution >= 0.6 is 0 Å². The fraction of sp³-hybridized carbons (Fsp3) is 0.500. The second-order valence-electron chi connectivity index (χ2n) is 0.492. The maximum atomic E-state index is 8.89. The molecule has 0 heterocycles. The van der Waals surface area contributed by atoms with Gasteiger partial charge in [-0.2, -0.15) is 0 Å². The van der Waals surface area contributed by atoms with Crippen molar-refractivity contribution >= 4 is 5.97 Å². The van der Waals surface area contributed by atoms with E-state index in [9.17, 15) is 0 Å². The quantitative estimate of drug-likeness (QED) is 0.355. The van der Waals surface area contributed by atoms with Crippen molar-refractivity contribution in [3.63, 3.8) is 0 Å². The Morgan fingerprint density at radius 2 is 1.11 bits per heavy atom. The second kappa shape index (κ2) is 45.6. The van der Waals surface area contributed by atoms with Gasteiger partial charge in [0.05, 0.1) is 0 Å². The van der Waals surface area contributed by atoms with Crippen molar-refractivity contribution in [3.8, 4) is 0 Å². The maximum Gasteiger partial charge on any atom is 1.00 e. The summed E-state index contributed by atoms with van der Waals surface area (Å²) in [7, 11) is 0. The predicted molar refractivity (Wildman–Crippen MR) is 25.1 cm³/mol. The molecule has 0 atom stereocenters. The minimum absolute atomic E-state index is 0. The van der Waals surface area contributed by atoms with E-state index in [4.69, 9.17) is 9.90 Å². The minimum atomic E-state index is -1.08. The molecule has 0 aliphatic heterocycles. The third-order valence-electron chi connectivity index (χ3n) is 0. The Morgan fingerprint density at radius 3 is 1.11 bits per heavy atom. The summed E-state index contributed by atoms with van der Waals surface area (Å²) in [4.78, 5) is 8.89.